The molecule has 1 saturated heterocycles. The van der Waals surface area contributed by atoms with E-state index in [2.05, 4.69) is 6.92 Å². The second-order valence-electron chi connectivity index (χ2n) is 10.1. The smallest absolute Gasteiger partial charge is 0.334 e. The topological polar surface area (TPSA) is 99.5 Å². The maximum Gasteiger partial charge on any atom is 0.334 e. The number of carbonyl (C=O) groups is 1. The van der Waals surface area contributed by atoms with Gasteiger partial charge in [-0.3, -0.25) is 0 Å². The van der Waals surface area contributed by atoms with E-state index < -0.39 is 29.3 Å². The van der Waals surface area contributed by atoms with Crippen LogP contribution in [0.15, 0.2) is 11.1 Å². The first kappa shape index (κ1) is 18.1. The third-order valence-corrected chi connectivity index (χ3v) is 8.99. The zero-order valence-electron chi connectivity index (χ0n) is 16.4. The molecule has 3 fully saturated rings. The van der Waals surface area contributed by atoms with Gasteiger partial charge in [-0.1, -0.05) is 27.7 Å². The lowest BCUT2D eigenvalue weighted by Crippen LogP contribution is -2.73. The summed E-state index contributed by atoms with van der Waals surface area (Å²) in [5.41, 5.74) is -0.232. The van der Waals surface area contributed by atoms with Crippen molar-refractivity contribution >= 4 is 5.97 Å². The van der Waals surface area contributed by atoms with Crippen molar-refractivity contribution in [3.05, 3.63) is 11.1 Å². The summed E-state index contributed by atoms with van der Waals surface area (Å²) >= 11 is 0. The van der Waals surface area contributed by atoms with Gasteiger partial charge in [0, 0.05) is 16.9 Å². The van der Waals surface area contributed by atoms with Crippen molar-refractivity contribution < 1.29 is 29.6 Å². The standard InChI is InChI=1S/C21H30O6/c1-9(2)14-15(23)17-21(27-17)19(3)6-5-10-11(8-26-18(10)25)12(19)7-13(22)20(21,4)16(14)24/h9,12-17,22-24H,5-8H2,1-4H3/t12-,13?,14?,15+,16+,17-,19-,20-,21+/m0/s1. The number of hydrogen-bond acceptors (Lipinski definition) is 6. The van der Waals surface area contributed by atoms with Crippen LogP contribution in [0.2, 0.25) is 0 Å². The van der Waals surface area contributed by atoms with E-state index in [9.17, 15) is 20.1 Å². The molecule has 5 rings (SSSR count). The number of ether oxygens (including phenoxy) is 2. The zero-order valence-corrected chi connectivity index (χ0v) is 16.4. The molecule has 6 heteroatoms. The summed E-state index contributed by atoms with van der Waals surface area (Å²) in [5.74, 6) is -0.520. The van der Waals surface area contributed by atoms with Gasteiger partial charge in [-0.05, 0) is 36.7 Å². The lowest BCUT2D eigenvalue weighted by molar-refractivity contribution is -0.226. The van der Waals surface area contributed by atoms with Crippen LogP contribution in [-0.4, -0.2) is 57.9 Å². The summed E-state index contributed by atoms with van der Waals surface area (Å²) in [5, 5.41) is 33.7. The summed E-state index contributed by atoms with van der Waals surface area (Å²) in [6.07, 6.45) is -0.921. The molecule has 27 heavy (non-hydrogen) atoms. The van der Waals surface area contributed by atoms with Crippen molar-refractivity contribution in [2.45, 2.75) is 77.0 Å². The van der Waals surface area contributed by atoms with E-state index in [1.165, 1.54) is 0 Å². The molecule has 0 amide bonds. The Morgan fingerprint density at radius 3 is 2.56 bits per heavy atom. The molecular weight excluding hydrogens is 348 g/mol. The summed E-state index contributed by atoms with van der Waals surface area (Å²) in [7, 11) is 0. The number of rotatable bonds is 1. The van der Waals surface area contributed by atoms with E-state index in [1.54, 1.807) is 0 Å². The van der Waals surface area contributed by atoms with Crippen LogP contribution in [0.1, 0.15) is 47.0 Å². The highest BCUT2D eigenvalue weighted by molar-refractivity contribution is 5.92. The third-order valence-electron chi connectivity index (χ3n) is 8.99. The number of aliphatic hydroxyl groups excluding tert-OH is 3. The number of carbonyl (C=O) groups excluding carboxylic acids is 1. The van der Waals surface area contributed by atoms with E-state index in [1.807, 2.05) is 20.8 Å². The molecule has 0 radical (unpaired) electrons. The van der Waals surface area contributed by atoms with Gasteiger partial charge in [-0.15, -0.1) is 0 Å². The van der Waals surface area contributed by atoms with Crippen molar-refractivity contribution in [1.29, 1.82) is 0 Å². The normalized spacial score (nSPS) is 56.2. The molecule has 2 aliphatic heterocycles. The fourth-order valence-corrected chi connectivity index (χ4v) is 7.48. The first-order valence-electron chi connectivity index (χ1n) is 10.2. The maximum absolute atomic E-state index is 12.1. The summed E-state index contributed by atoms with van der Waals surface area (Å²) < 4.78 is 11.6. The highest BCUT2D eigenvalue weighted by Gasteiger charge is 2.86. The Morgan fingerprint density at radius 2 is 1.89 bits per heavy atom. The number of cyclic esters (lactones) is 1. The van der Waals surface area contributed by atoms with Crippen molar-refractivity contribution in [1.82, 2.24) is 0 Å². The van der Waals surface area contributed by atoms with E-state index in [4.69, 9.17) is 9.47 Å². The zero-order chi connectivity index (χ0) is 19.5. The molecule has 2 saturated carbocycles. The number of epoxide rings is 1. The van der Waals surface area contributed by atoms with E-state index in [-0.39, 0.29) is 35.2 Å². The average Bonchev–Trinajstić information content (AvgIpc) is 3.28. The molecule has 3 N–H and O–H groups in total. The summed E-state index contributed by atoms with van der Waals surface area (Å²) in [4.78, 5) is 12.1. The fourth-order valence-electron chi connectivity index (χ4n) is 7.48. The minimum Gasteiger partial charge on any atom is -0.458 e. The second-order valence-corrected chi connectivity index (χ2v) is 10.1. The van der Waals surface area contributed by atoms with Gasteiger partial charge in [0.15, 0.2) is 0 Å². The van der Waals surface area contributed by atoms with Gasteiger partial charge in [0.1, 0.15) is 18.3 Å². The van der Waals surface area contributed by atoms with Crippen LogP contribution in [-0.2, 0) is 14.3 Å². The molecule has 0 aromatic heterocycles. The predicted molar refractivity (Wildman–Crippen MR) is 95.5 cm³/mol. The van der Waals surface area contributed by atoms with Crippen molar-refractivity contribution in [3.8, 4) is 0 Å². The van der Waals surface area contributed by atoms with Gasteiger partial charge in [0.25, 0.3) is 0 Å². The lowest BCUT2D eigenvalue weighted by atomic mass is 9.41. The van der Waals surface area contributed by atoms with Gasteiger partial charge >= 0.3 is 5.97 Å². The molecule has 2 heterocycles. The fraction of sp³-hybridized carbons (Fsp3) is 0.857. The Hall–Kier alpha value is -0.950. The van der Waals surface area contributed by atoms with Crippen LogP contribution in [0.4, 0.5) is 0 Å². The molecule has 5 aliphatic rings. The number of esters is 1. The van der Waals surface area contributed by atoms with Crippen LogP contribution in [0.5, 0.6) is 0 Å². The Bertz CT molecular complexity index is 745. The first-order chi connectivity index (χ1) is 12.6. The van der Waals surface area contributed by atoms with Gasteiger partial charge in [0.2, 0.25) is 0 Å². The highest BCUT2D eigenvalue weighted by Crippen LogP contribution is 2.76. The van der Waals surface area contributed by atoms with Crippen LogP contribution in [0, 0.1) is 28.6 Å². The SMILES string of the molecule is CC(C)C1[C@@H](O)[C@@H]2O[C@@]23[C@@]2(C)CCC4=C(COC4=O)[C@@H]2CC(O)[C@@]3(C)[C@@H]1O. The second kappa shape index (κ2) is 5.15. The summed E-state index contributed by atoms with van der Waals surface area (Å²) in [6, 6.07) is 0. The molecule has 0 bridgehead atoms. The molecule has 3 aliphatic carbocycles. The van der Waals surface area contributed by atoms with Crippen molar-refractivity contribution in [2.24, 2.45) is 28.6 Å². The third kappa shape index (κ3) is 1.76. The Morgan fingerprint density at radius 1 is 1.19 bits per heavy atom. The quantitative estimate of drug-likeness (QED) is 0.468. The molecule has 0 aromatic rings. The number of aliphatic hydroxyl groups is 3. The highest BCUT2D eigenvalue weighted by atomic mass is 16.6. The van der Waals surface area contributed by atoms with Gasteiger partial charge in [-0.25, -0.2) is 4.79 Å². The molecule has 9 atom stereocenters. The van der Waals surface area contributed by atoms with E-state index in [0.29, 0.717) is 19.4 Å². The Kier molecular flexibility index (Phi) is 3.45. The van der Waals surface area contributed by atoms with Crippen LogP contribution in [0.25, 0.3) is 0 Å². The van der Waals surface area contributed by atoms with Crippen LogP contribution >= 0.6 is 0 Å². The van der Waals surface area contributed by atoms with Crippen molar-refractivity contribution in [2.75, 3.05) is 6.61 Å². The van der Waals surface area contributed by atoms with Gasteiger partial charge < -0.3 is 24.8 Å². The molecule has 6 nitrogen and oxygen atoms in total. The van der Waals surface area contributed by atoms with Crippen LogP contribution in [0.3, 0.4) is 0 Å². The Balaban J connectivity index is 1.65. The first-order valence-corrected chi connectivity index (χ1v) is 10.2. The van der Waals surface area contributed by atoms with E-state index >= 15 is 0 Å². The minimum absolute atomic E-state index is 0.0317. The lowest BCUT2D eigenvalue weighted by Gasteiger charge is -2.63. The largest absolute Gasteiger partial charge is 0.458 e. The van der Waals surface area contributed by atoms with Crippen molar-refractivity contribution in [3.63, 3.8) is 0 Å². The number of fused-ring (bicyclic) bond motifs is 2. The number of hydrogen-bond donors (Lipinski definition) is 3. The van der Waals surface area contributed by atoms with Gasteiger partial charge in [0.05, 0.1) is 23.7 Å². The van der Waals surface area contributed by atoms with Crippen LogP contribution < -0.4 is 0 Å². The van der Waals surface area contributed by atoms with E-state index in [0.717, 1.165) is 17.6 Å². The predicted octanol–water partition coefficient (Wildman–Crippen LogP) is 1.17. The molecule has 0 aromatic carbocycles. The molecular formula is C21H30O6. The molecule has 2 unspecified atom stereocenters. The monoisotopic (exact) mass is 378 g/mol. The Labute approximate surface area is 159 Å². The van der Waals surface area contributed by atoms with Gasteiger partial charge in [-0.2, -0.15) is 0 Å². The molecule has 150 valence electrons. The summed E-state index contributed by atoms with van der Waals surface area (Å²) in [6.45, 7) is 8.37. The molecule has 1 spiro atoms. The maximum atomic E-state index is 12.1. The minimum atomic E-state index is -0.851. The average molecular weight is 378 g/mol.